The highest BCUT2D eigenvalue weighted by molar-refractivity contribution is 5.61. The summed E-state index contributed by atoms with van der Waals surface area (Å²) in [4.78, 5) is 0. The first-order chi connectivity index (χ1) is 6.20. The zero-order chi connectivity index (χ0) is 9.84. The molecule has 1 aromatic carbocycles. The minimum absolute atomic E-state index is 1.06. The smallest absolute Gasteiger partial charge is 0.0444 e. The normalized spacial score (nSPS) is 9.77. The third-order valence-electron chi connectivity index (χ3n) is 2.36. The predicted molar refractivity (Wildman–Crippen MR) is 59.1 cm³/mol. The molecule has 1 rings (SSSR count). The van der Waals surface area contributed by atoms with Crippen LogP contribution in [0, 0.1) is 13.8 Å². The Morgan fingerprint density at radius 3 is 2.46 bits per heavy atom. The Kier molecular flexibility index (Phi) is 3.13. The van der Waals surface area contributed by atoms with Crippen molar-refractivity contribution in [3.8, 4) is 0 Å². The summed E-state index contributed by atoms with van der Waals surface area (Å²) in [6.45, 7) is 10.1. The Labute approximate surface area is 80.5 Å². The van der Waals surface area contributed by atoms with E-state index in [4.69, 9.17) is 0 Å². The van der Waals surface area contributed by atoms with Crippen molar-refractivity contribution in [3.05, 3.63) is 41.6 Å². The van der Waals surface area contributed by atoms with Gasteiger partial charge >= 0.3 is 0 Å². The van der Waals surface area contributed by atoms with Crippen LogP contribution in [0.5, 0.6) is 0 Å². The van der Waals surface area contributed by atoms with Crippen LogP contribution in [0.3, 0.4) is 0 Å². The summed E-state index contributed by atoms with van der Waals surface area (Å²) in [6, 6.07) is 4.31. The molecule has 0 aliphatic heterocycles. The van der Waals surface area contributed by atoms with Crippen LogP contribution >= 0.6 is 0 Å². The molecular weight excluding hydrogens is 158 g/mol. The van der Waals surface area contributed by atoms with Crippen LogP contribution in [-0.4, -0.2) is 0 Å². The molecule has 0 amide bonds. The summed E-state index contributed by atoms with van der Waals surface area (Å²) in [6.07, 6.45) is 2.80. The number of benzene rings is 1. The highest BCUT2D eigenvalue weighted by Gasteiger charge is 2.04. The Balaban J connectivity index is 3.25. The number of nitrogens with one attached hydrogen (secondary N) is 1. The number of hydrogen-bond donors (Lipinski definition) is 1. The lowest BCUT2D eigenvalue weighted by molar-refractivity contribution is 1.10. The van der Waals surface area contributed by atoms with E-state index in [1.54, 1.807) is 6.20 Å². The summed E-state index contributed by atoms with van der Waals surface area (Å²) in [5.41, 5.74) is 5.23. The molecule has 0 saturated carbocycles. The van der Waals surface area contributed by atoms with Gasteiger partial charge in [-0.25, -0.2) is 0 Å². The largest absolute Gasteiger partial charge is 0.362 e. The van der Waals surface area contributed by atoms with E-state index in [0.29, 0.717) is 0 Å². The second-order valence-electron chi connectivity index (χ2n) is 3.25. The summed E-state index contributed by atoms with van der Waals surface area (Å²) < 4.78 is 0. The minimum atomic E-state index is 1.06. The quantitative estimate of drug-likeness (QED) is 0.742. The van der Waals surface area contributed by atoms with E-state index >= 15 is 0 Å². The Bertz CT molecular complexity index is 313. The third-order valence-corrected chi connectivity index (χ3v) is 2.36. The van der Waals surface area contributed by atoms with Crippen LogP contribution in [0.2, 0.25) is 0 Å². The van der Waals surface area contributed by atoms with Gasteiger partial charge < -0.3 is 5.32 Å². The van der Waals surface area contributed by atoms with Gasteiger partial charge in [0.2, 0.25) is 0 Å². The molecule has 0 radical (unpaired) electrons. The van der Waals surface area contributed by atoms with E-state index in [2.05, 4.69) is 44.8 Å². The lowest BCUT2D eigenvalue weighted by Gasteiger charge is -2.13. The maximum atomic E-state index is 3.69. The maximum absolute atomic E-state index is 3.69. The fourth-order valence-electron chi connectivity index (χ4n) is 1.63. The topological polar surface area (TPSA) is 12.0 Å². The number of aryl methyl sites for hydroxylation is 2. The van der Waals surface area contributed by atoms with Crippen molar-refractivity contribution in [3.63, 3.8) is 0 Å². The van der Waals surface area contributed by atoms with Crippen molar-refractivity contribution >= 4 is 5.69 Å². The van der Waals surface area contributed by atoms with Gasteiger partial charge in [0.15, 0.2) is 0 Å². The van der Waals surface area contributed by atoms with E-state index < -0.39 is 0 Å². The zero-order valence-electron chi connectivity index (χ0n) is 8.65. The molecule has 0 atom stereocenters. The maximum Gasteiger partial charge on any atom is 0.0444 e. The van der Waals surface area contributed by atoms with Crippen LogP contribution < -0.4 is 5.32 Å². The standard InChI is InChI=1S/C12H17N/c1-5-11-9(3)7-8-10(4)12(11)13-6-2/h6-8,13H,2,5H2,1,3-4H3. The number of hydrogen-bond acceptors (Lipinski definition) is 1. The van der Waals surface area contributed by atoms with E-state index in [-0.39, 0.29) is 0 Å². The lowest BCUT2D eigenvalue weighted by Crippen LogP contribution is -1.98. The van der Waals surface area contributed by atoms with E-state index in [9.17, 15) is 0 Å². The van der Waals surface area contributed by atoms with Crippen LogP contribution in [0.25, 0.3) is 0 Å². The van der Waals surface area contributed by atoms with Crippen molar-refractivity contribution in [2.75, 3.05) is 5.32 Å². The highest BCUT2D eigenvalue weighted by Crippen LogP contribution is 2.24. The molecule has 0 aromatic heterocycles. The zero-order valence-corrected chi connectivity index (χ0v) is 8.65. The van der Waals surface area contributed by atoms with Gasteiger partial charge in [0, 0.05) is 5.69 Å². The molecule has 1 aromatic rings. The molecule has 1 nitrogen and oxygen atoms in total. The van der Waals surface area contributed by atoms with E-state index in [1.165, 1.54) is 22.4 Å². The van der Waals surface area contributed by atoms with Gasteiger partial charge in [0.25, 0.3) is 0 Å². The molecule has 0 saturated heterocycles. The molecule has 13 heavy (non-hydrogen) atoms. The summed E-state index contributed by atoms with van der Waals surface area (Å²) >= 11 is 0. The van der Waals surface area contributed by atoms with Gasteiger partial charge in [0.05, 0.1) is 0 Å². The first-order valence-corrected chi connectivity index (χ1v) is 4.67. The molecule has 0 aliphatic carbocycles. The average molecular weight is 175 g/mol. The summed E-state index contributed by atoms with van der Waals surface area (Å²) in [7, 11) is 0. The first-order valence-electron chi connectivity index (χ1n) is 4.67. The van der Waals surface area contributed by atoms with Crippen LogP contribution in [0.15, 0.2) is 24.9 Å². The molecule has 0 spiro atoms. The van der Waals surface area contributed by atoms with E-state index in [0.717, 1.165) is 6.42 Å². The monoisotopic (exact) mass is 175 g/mol. The second kappa shape index (κ2) is 4.13. The Morgan fingerprint density at radius 2 is 1.92 bits per heavy atom. The second-order valence-corrected chi connectivity index (χ2v) is 3.25. The van der Waals surface area contributed by atoms with Crippen molar-refractivity contribution in [2.45, 2.75) is 27.2 Å². The summed E-state index contributed by atoms with van der Waals surface area (Å²) in [5.74, 6) is 0. The molecule has 0 heterocycles. The molecular formula is C12H17N. The van der Waals surface area contributed by atoms with Gasteiger partial charge in [-0.05, 0) is 43.2 Å². The van der Waals surface area contributed by atoms with Crippen molar-refractivity contribution in [1.82, 2.24) is 0 Å². The van der Waals surface area contributed by atoms with Gasteiger partial charge in [-0.1, -0.05) is 25.6 Å². The Hall–Kier alpha value is -1.24. The van der Waals surface area contributed by atoms with Crippen LogP contribution in [0.1, 0.15) is 23.6 Å². The van der Waals surface area contributed by atoms with Gasteiger partial charge in [-0.3, -0.25) is 0 Å². The van der Waals surface area contributed by atoms with Gasteiger partial charge in [-0.2, -0.15) is 0 Å². The molecule has 0 unspecified atom stereocenters. The molecule has 1 N–H and O–H groups in total. The van der Waals surface area contributed by atoms with Crippen molar-refractivity contribution < 1.29 is 0 Å². The fourth-order valence-corrected chi connectivity index (χ4v) is 1.63. The molecule has 0 bridgehead atoms. The Morgan fingerprint density at radius 1 is 1.31 bits per heavy atom. The van der Waals surface area contributed by atoms with Crippen molar-refractivity contribution in [2.24, 2.45) is 0 Å². The van der Waals surface area contributed by atoms with Crippen molar-refractivity contribution in [1.29, 1.82) is 0 Å². The van der Waals surface area contributed by atoms with Crippen LogP contribution in [0.4, 0.5) is 5.69 Å². The SMILES string of the molecule is C=CNc1c(C)ccc(C)c1CC. The molecule has 0 aliphatic rings. The third kappa shape index (κ3) is 1.92. The summed E-state index contributed by atoms with van der Waals surface area (Å²) in [5, 5.41) is 3.20. The highest BCUT2D eigenvalue weighted by atomic mass is 14.8. The average Bonchev–Trinajstić information content (AvgIpc) is 2.12. The number of anilines is 1. The minimum Gasteiger partial charge on any atom is -0.362 e. The van der Waals surface area contributed by atoms with Crippen LogP contribution in [-0.2, 0) is 6.42 Å². The molecule has 1 heteroatoms. The van der Waals surface area contributed by atoms with E-state index in [1.807, 2.05) is 0 Å². The molecule has 0 fully saturated rings. The number of rotatable bonds is 3. The molecule has 70 valence electrons. The van der Waals surface area contributed by atoms with Gasteiger partial charge in [-0.15, -0.1) is 0 Å². The predicted octanol–water partition coefficient (Wildman–Crippen LogP) is 3.42. The lowest BCUT2D eigenvalue weighted by atomic mass is 10.0. The first kappa shape index (κ1) is 9.85. The van der Waals surface area contributed by atoms with Gasteiger partial charge in [0.1, 0.15) is 0 Å². The fraction of sp³-hybridized carbons (Fsp3) is 0.333.